The molecule has 310 valence electrons. The molecular weight excluding hydrogens is 785 g/mol. The molecular formula is C63H48N2. The second-order valence-corrected chi connectivity index (χ2v) is 17.4. The standard InChI is InChI=1S/C63H48N2/c1-63(2)61-21-13-12-20-59(61)60-43-42-58(44-62(60)63)65(56-38-26-50(27-39-56)47-18-10-5-11-19-47)57-40-30-52(31-41-57)51-28-36-55(37-29-51)64(53-32-22-48(23-33-53)45-14-6-3-7-15-45)54-34-24-49(25-35-54)46-16-8-4-9-17-46/h3-44H,1-2H3. The molecule has 0 amide bonds. The molecule has 1 aliphatic rings. The van der Waals surface area contributed by atoms with Gasteiger partial charge in [-0.2, -0.15) is 0 Å². The molecule has 0 aromatic heterocycles. The van der Waals surface area contributed by atoms with E-state index >= 15 is 0 Å². The fourth-order valence-electron chi connectivity index (χ4n) is 9.63. The van der Waals surface area contributed by atoms with Gasteiger partial charge in [-0.25, -0.2) is 0 Å². The molecule has 10 aromatic carbocycles. The summed E-state index contributed by atoms with van der Waals surface area (Å²) in [6.45, 7) is 4.70. The zero-order valence-electron chi connectivity index (χ0n) is 36.6. The summed E-state index contributed by atoms with van der Waals surface area (Å²) in [4.78, 5) is 4.73. The van der Waals surface area contributed by atoms with Gasteiger partial charge in [0.05, 0.1) is 0 Å². The van der Waals surface area contributed by atoms with E-state index in [1.54, 1.807) is 0 Å². The maximum absolute atomic E-state index is 2.41. The van der Waals surface area contributed by atoms with Crippen LogP contribution in [0.15, 0.2) is 255 Å². The van der Waals surface area contributed by atoms with Gasteiger partial charge in [-0.05, 0) is 140 Å². The summed E-state index contributed by atoms with van der Waals surface area (Å²) in [7, 11) is 0. The topological polar surface area (TPSA) is 6.48 Å². The van der Waals surface area contributed by atoms with Gasteiger partial charge in [0.15, 0.2) is 0 Å². The quantitative estimate of drug-likeness (QED) is 0.135. The lowest BCUT2D eigenvalue weighted by atomic mass is 9.82. The monoisotopic (exact) mass is 832 g/mol. The van der Waals surface area contributed by atoms with Crippen LogP contribution >= 0.6 is 0 Å². The molecule has 0 fully saturated rings. The minimum atomic E-state index is -0.104. The summed E-state index contributed by atoms with van der Waals surface area (Å²) in [5.74, 6) is 0. The molecule has 0 aliphatic heterocycles. The highest BCUT2D eigenvalue weighted by molar-refractivity contribution is 5.87. The van der Waals surface area contributed by atoms with Crippen LogP contribution in [0.1, 0.15) is 25.0 Å². The first kappa shape index (κ1) is 39.6. The molecule has 0 radical (unpaired) electrons. The number of hydrogen-bond donors (Lipinski definition) is 0. The van der Waals surface area contributed by atoms with E-state index in [1.165, 1.54) is 55.6 Å². The van der Waals surface area contributed by atoms with E-state index in [0.29, 0.717) is 0 Å². The van der Waals surface area contributed by atoms with Crippen LogP contribution < -0.4 is 9.80 Å². The van der Waals surface area contributed by atoms with Crippen molar-refractivity contribution < 1.29 is 0 Å². The van der Waals surface area contributed by atoms with Crippen LogP contribution in [0.3, 0.4) is 0 Å². The summed E-state index contributed by atoms with van der Waals surface area (Å²) in [5, 5.41) is 0. The Hall–Kier alpha value is -8.20. The van der Waals surface area contributed by atoms with Gasteiger partial charge in [0, 0.05) is 39.5 Å². The average molecular weight is 833 g/mol. The van der Waals surface area contributed by atoms with Crippen LogP contribution in [-0.4, -0.2) is 0 Å². The predicted octanol–water partition coefficient (Wildman–Crippen LogP) is 17.6. The molecule has 65 heavy (non-hydrogen) atoms. The van der Waals surface area contributed by atoms with Gasteiger partial charge in [0.25, 0.3) is 0 Å². The van der Waals surface area contributed by atoms with Gasteiger partial charge in [-0.15, -0.1) is 0 Å². The Labute approximate surface area is 383 Å². The molecule has 1 aliphatic carbocycles. The largest absolute Gasteiger partial charge is 0.311 e. The van der Waals surface area contributed by atoms with Crippen LogP contribution in [0.25, 0.3) is 55.6 Å². The Kier molecular flexibility index (Phi) is 10.3. The van der Waals surface area contributed by atoms with Gasteiger partial charge in [-0.3, -0.25) is 0 Å². The maximum Gasteiger partial charge on any atom is 0.0465 e. The predicted molar refractivity (Wildman–Crippen MR) is 275 cm³/mol. The highest BCUT2D eigenvalue weighted by atomic mass is 15.1. The molecule has 2 nitrogen and oxygen atoms in total. The van der Waals surface area contributed by atoms with E-state index in [2.05, 4.69) is 278 Å². The molecule has 0 spiro atoms. The van der Waals surface area contributed by atoms with Crippen molar-refractivity contribution in [2.45, 2.75) is 19.3 Å². The Morgan fingerprint density at radius 1 is 0.231 bits per heavy atom. The number of nitrogens with zero attached hydrogens (tertiary/aromatic N) is 2. The lowest BCUT2D eigenvalue weighted by molar-refractivity contribution is 0.660. The lowest BCUT2D eigenvalue weighted by Gasteiger charge is -2.28. The molecule has 0 saturated carbocycles. The molecule has 10 aromatic rings. The summed E-state index contributed by atoms with van der Waals surface area (Å²) in [6.07, 6.45) is 0. The van der Waals surface area contributed by atoms with Crippen molar-refractivity contribution in [3.63, 3.8) is 0 Å². The SMILES string of the molecule is CC1(C)c2ccccc2-c2ccc(N(c3ccc(-c4ccccc4)cc3)c3ccc(-c4ccc(N(c5ccc(-c6ccccc6)cc5)c5ccc(-c6ccccc6)cc5)cc4)cc3)cc21. The molecule has 2 heteroatoms. The third-order valence-corrected chi connectivity index (χ3v) is 13.1. The summed E-state index contributed by atoms with van der Waals surface area (Å²) in [5.41, 5.74) is 21.5. The number of hydrogen-bond acceptors (Lipinski definition) is 2. The first-order valence-corrected chi connectivity index (χ1v) is 22.5. The number of fused-ring (bicyclic) bond motifs is 3. The molecule has 0 N–H and O–H groups in total. The van der Waals surface area contributed by atoms with Crippen LogP contribution in [0.4, 0.5) is 34.1 Å². The van der Waals surface area contributed by atoms with Crippen molar-refractivity contribution >= 4 is 34.1 Å². The fraction of sp³-hybridized carbons (Fsp3) is 0.0476. The van der Waals surface area contributed by atoms with Gasteiger partial charge in [0.2, 0.25) is 0 Å². The Morgan fingerprint density at radius 2 is 0.492 bits per heavy atom. The molecule has 0 atom stereocenters. The maximum atomic E-state index is 2.41. The number of anilines is 6. The van der Waals surface area contributed by atoms with Gasteiger partial charge in [-0.1, -0.05) is 196 Å². The summed E-state index contributed by atoms with van der Waals surface area (Å²) >= 11 is 0. The zero-order chi connectivity index (χ0) is 43.7. The van der Waals surface area contributed by atoms with Crippen LogP contribution in [-0.2, 0) is 5.41 Å². The highest BCUT2D eigenvalue weighted by Gasteiger charge is 2.35. The number of rotatable bonds is 10. The van der Waals surface area contributed by atoms with Crippen molar-refractivity contribution in [3.05, 3.63) is 266 Å². The molecule has 0 heterocycles. The van der Waals surface area contributed by atoms with E-state index in [-0.39, 0.29) is 5.41 Å². The van der Waals surface area contributed by atoms with Crippen LogP contribution in [0.5, 0.6) is 0 Å². The van der Waals surface area contributed by atoms with Crippen molar-refractivity contribution in [1.29, 1.82) is 0 Å². The normalized spacial score (nSPS) is 12.3. The van der Waals surface area contributed by atoms with Crippen molar-refractivity contribution in [2.75, 3.05) is 9.80 Å². The zero-order valence-corrected chi connectivity index (χ0v) is 36.6. The Bertz CT molecular complexity index is 3130. The third kappa shape index (κ3) is 7.60. The molecule has 0 unspecified atom stereocenters. The van der Waals surface area contributed by atoms with Crippen LogP contribution in [0.2, 0.25) is 0 Å². The smallest absolute Gasteiger partial charge is 0.0465 e. The average Bonchev–Trinajstić information content (AvgIpc) is 3.61. The Balaban J connectivity index is 0.928. The minimum Gasteiger partial charge on any atom is -0.311 e. The minimum absolute atomic E-state index is 0.104. The summed E-state index contributed by atoms with van der Waals surface area (Å²) < 4.78 is 0. The molecule has 0 saturated heterocycles. The van der Waals surface area contributed by atoms with Crippen molar-refractivity contribution in [3.8, 4) is 55.6 Å². The fourth-order valence-corrected chi connectivity index (χ4v) is 9.63. The lowest BCUT2D eigenvalue weighted by Crippen LogP contribution is -2.16. The van der Waals surface area contributed by atoms with Crippen LogP contribution in [0, 0.1) is 0 Å². The van der Waals surface area contributed by atoms with E-state index < -0.39 is 0 Å². The van der Waals surface area contributed by atoms with E-state index in [1.807, 2.05) is 0 Å². The highest BCUT2D eigenvalue weighted by Crippen LogP contribution is 2.51. The van der Waals surface area contributed by atoms with Gasteiger partial charge in [0.1, 0.15) is 0 Å². The van der Waals surface area contributed by atoms with Crippen molar-refractivity contribution in [2.24, 2.45) is 0 Å². The van der Waals surface area contributed by atoms with E-state index in [9.17, 15) is 0 Å². The van der Waals surface area contributed by atoms with E-state index in [0.717, 1.165) is 45.3 Å². The van der Waals surface area contributed by atoms with Gasteiger partial charge >= 0.3 is 0 Å². The molecule has 11 rings (SSSR count). The Morgan fingerprint density at radius 3 is 0.846 bits per heavy atom. The van der Waals surface area contributed by atoms with Crippen molar-refractivity contribution in [1.82, 2.24) is 0 Å². The number of benzene rings is 10. The first-order valence-electron chi connectivity index (χ1n) is 22.5. The second kappa shape index (κ2) is 16.8. The third-order valence-electron chi connectivity index (χ3n) is 13.1. The second-order valence-electron chi connectivity index (χ2n) is 17.4. The van der Waals surface area contributed by atoms with E-state index in [4.69, 9.17) is 0 Å². The first-order chi connectivity index (χ1) is 32.0. The summed E-state index contributed by atoms with van der Waals surface area (Å²) in [6, 6.07) is 92.3. The van der Waals surface area contributed by atoms with Gasteiger partial charge < -0.3 is 9.80 Å². The molecule has 0 bridgehead atoms.